The van der Waals surface area contributed by atoms with Crippen molar-refractivity contribution in [3.05, 3.63) is 0 Å². The topological polar surface area (TPSA) is 73.2 Å². The van der Waals surface area contributed by atoms with Crippen LogP contribution < -0.4 is 4.72 Å². The number of nitrogens with zero attached hydrogens (tertiary/aromatic N) is 2. The number of nitriles is 1. The molecule has 0 aromatic heterocycles. The van der Waals surface area contributed by atoms with E-state index in [1.165, 1.54) is 0 Å². The summed E-state index contributed by atoms with van der Waals surface area (Å²) in [6, 6.07) is 1.60. The summed E-state index contributed by atoms with van der Waals surface area (Å²) in [5, 5.41) is 7.72. The van der Waals surface area contributed by atoms with Crippen molar-refractivity contribution in [2.24, 2.45) is 0 Å². The summed E-state index contributed by atoms with van der Waals surface area (Å²) >= 11 is 0. The summed E-state index contributed by atoms with van der Waals surface area (Å²) in [5.41, 5.74) is 0. The molecular weight excluding hydrogens is 214 g/mol. The van der Waals surface area contributed by atoms with Crippen LogP contribution in [-0.2, 0) is 10.0 Å². The predicted molar refractivity (Wildman–Crippen MR) is 59.8 cm³/mol. The lowest BCUT2D eigenvalue weighted by atomic mass is 10.3. The molecule has 0 saturated carbocycles. The van der Waals surface area contributed by atoms with Crippen LogP contribution in [0.3, 0.4) is 0 Å². The first-order valence-corrected chi connectivity index (χ1v) is 6.43. The van der Waals surface area contributed by atoms with Gasteiger partial charge in [-0.3, -0.25) is 0 Å². The van der Waals surface area contributed by atoms with E-state index in [9.17, 15) is 8.42 Å². The van der Waals surface area contributed by atoms with E-state index < -0.39 is 15.3 Å². The molecular formula is C9H19N3O2S. The van der Waals surface area contributed by atoms with Crippen molar-refractivity contribution in [3.8, 4) is 6.07 Å². The second-order valence-corrected chi connectivity index (χ2v) is 5.75. The van der Waals surface area contributed by atoms with Gasteiger partial charge in [-0.15, -0.1) is 0 Å². The number of hydrogen-bond acceptors (Lipinski definition) is 4. The molecule has 88 valence electrons. The Morgan fingerprint density at radius 1 is 1.47 bits per heavy atom. The Hall–Kier alpha value is -0.640. The largest absolute Gasteiger partial charge is 0.308 e. The smallest absolute Gasteiger partial charge is 0.228 e. The lowest BCUT2D eigenvalue weighted by Crippen LogP contribution is -2.43. The summed E-state index contributed by atoms with van der Waals surface area (Å²) in [6.07, 6.45) is 0.306. The molecule has 0 aliphatic rings. The van der Waals surface area contributed by atoms with Crippen LogP contribution in [0.4, 0.5) is 0 Å². The van der Waals surface area contributed by atoms with Gasteiger partial charge >= 0.3 is 0 Å². The highest BCUT2D eigenvalue weighted by atomic mass is 32.2. The van der Waals surface area contributed by atoms with E-state index in [2.05, 4.69) is 4.72 Å². The highest BCUT2D eigenvalue weighted by molar-refractivity contribution is 7.90. The molecule has 0 aliphatic heterocycles. The van der Waals surface area contributed by atoms with E-state index in [0.717, 1.165) is 0 Å². The van der Waals surface area contributed by atoms with Crippen molar-refractivity contribution in [3.63, 3.8) is 0 Å². The average molecular weight is 233 g/mol. The van der Waals surface area contributed by atoms with E-state index in [1.54, 1.807) is 19.9 Å². The van der Waals surface area contributed by atoms with Gasteiger partial charge in [0.05, 0.1) is 6.07 Å². The summed E-state index contributed by atoms with van der Waals surface area (Å²) < 4.78 is 25.8. The molecule has 0 spiro atoms. The Labute approximate surface area is 92.1 Å². The van der Waals surface area contributed by atoms with Crippen LogP contribution in [0.5, 0.6) is 0 Å². The van der Waals surface area contributed by atoms with Crippen LogP contribution in [0.1, 0.15) is 20.3 Å². The molecule has 5 nitrogen and oxygen atoms in total. The molecule has 0 saturated heterocycles. The fraction of sp³-hybridized carbons (Fsp3) is 0.889. The first-order chi connectivity index (χ1) is 6.83. The molecule has 0 rings (SSSR count). The Balaban J connectivity index is 4.45. The zero-order valence-corrected chi connectivity index (χ0v) is 10.5. The quantitative estimate of drug-likeness (QED) is 0.709. The molecule has 0 fully saturated rings. The summed E-state index contributed by atoms with van der Waals surface area (Å²) in [6.45, 7) is 4.08. The number of likely N-dealkylation sites (N-methyl/N-ethyl adjacent to an activating group) is 1. The van der Waals surface area contributed by atoms with Gasteiger partial charge in [0.15, 0.2) is 5.25 Å². The van der Waals surface area contributed by atoms with Gasteiger partial charge in [0.2, 0.25) is 10.0 Å². The Morgan fingerprint density at radius 3 is 2.33 bits per heavy atom. The van der Waals surface area contributed by atoms with Gasteiger partial charge in [-0.05, 0) is 27.4 Å². The molecule has 0 aromatic rings. The minimum absolute atomic E-state index is 0.188. The molecule has 2 unspecified atom stereocenters. The monoisotopic (exact) mass is 233 g/mol. The third-order valence-corrected chi connectivity index (χ3v) is 3.81. The normalized spacial score (nSPS) is 16.0. The van der Waals surface area contributed by atoms with Crippen LogP contribution in [0, 0.1) is 11.3 Å². The second-order valence-electron chi connectivity index (χ2n) is 3.85. The minimum Gasteiger partial charge on any atom is -0.308 e. The van der Waals surface area contributed by atoms with Gasteiger partial charge in [-0.2, -0.15) is 5.26 Å². The highest BCUT2D eigenvalue weighted by Gasteiger charge is 2.24. The molecule has 0 bridgehead atoms. The number of nitrogens with one attached hydrogen (secondary N) is 1. The highest BCUT2D eigenvalue weighted by Crippen LogP contribution is 2.03. The van der Waals surface area contributed by atoms with E-state index in [4.69, 9.17) is 5.26 Å². The first kappa shape index (κ1) is 14.4. The average Bonchev–Trinajstić information content (AvgIpc) is 2.02. The van der Waals surface area contributed by atoms with Crippen LogP contribution in [-0.4, -0.2) is 45.2 Å². The van der Waals surface area contributed by atoms with Crippen molar-refractivity contribution < 1.29 is 8.42 Å². The zero-order chi connectivity index (χ0) is 12.1. The number of sulfonamides is 1. The molecule has 2 atom stereocenters. The fourth-order valence-electron chi connectivity index (χ4n) is 1.33. The SMILES string of the molecule is CCC(C#N)S(=O)(=O)NC(C)CN(C)C. The fourth-order valence-corrected chi connectivity index (χ4v) is 2.70. The van der Waals surface area contributed by atoms with E-state index >= 15 is 0 Å². The van der Waals surface area contributed by atoms with Crippen molar-refractivity contribution >= 4 is 10.0 Å². The van der Waals surface area contributed by atoms with E-state index in [0.29, 0.717) is 13.0 Å². The molecule has 1 N–H and O–H groups in total. The van der Waals surface area contributed by atoms with Gasteiger partial charge in [-0.25, -0.2) is 13.1 Å². The molecule has 0 radical (unpaired) electrons. The Kier molecular flexibility index (Phi) is 5.80. The number of hydrogen-bond donors (Lipinski definition) is 1. The predicted octanol–water partition coefficient (Wildman–Crippen LogP) is 0.158. The van der Waals surface area contributed by atoms with Crippen molar-refractivity contribution in [2.75, 3.05) is 20.6 Å². The molecule has 0 amide bonds. The molecule has 0 heterocycles. The summed E-state index contributed by atoms with van der Waals surface area (Å²) in [7, 11) is 0.230. The second kappa shape index (κ2) is 6.05. The maximum atomic E-state index is 11.6. The standard InChI is InChI=1S/C9H19N3O2S/c1-5-9(6-10)15(13,14)11-8(2)7-12(3)4/h8-9,11H,5,7H2,1-4H3. The van der Waals surface area contributed by atoms with Crippen molar-refractivity contribution in [1.82, 2.24) is 9.62 Å². The van der Waals surface area contributed by atoms with E-state index in [-0.39, 0.29) is 6.04 Å². The number of rotatable bonds is 6. The van der Waals surface area contributed by atoms with Crippen molar-refractivity contribution in [1.29, 1.82) is 5.26 Å². The molecule has 0 aromatic carbocycles. The third kappa shape index (κ3) is 5.11. The van der Waals surface area contributed by atoms with Gasteiger partial charge in [-0.1, -0.05) is 6.92 Å². The van der Waals surface area contributed by atoms with Crippen LogP contribution >= 0.6 is 0 Å². The minimum atomic E-state index is -3.51. The van der Waals surface area contributed by atoms with Crippen LogP contribution in [0.25, 0.3) is 0 Å². The van der Waals surface area contributed by atoms with Gasteiger partial charge < -0.3 is 4.90 Å². The molecule has 15 heavy (non-hydrogen) atoms. The Bertz CT molecular complexity index is 319. The third-order valence-electron chi connectivity index (χ3n) is 1.89. The van der Waals surface area contributed by atoms with E-state index in [1.807, 2.05) is 19.0 Å². The lowest BCUT2D eigenvalue weighted by Gasteiger charge is -2.19. The van der Waals surface area contributed by atoms with Crippen LogP contribution in [0.15, 0.2) is 0 Å². The maximum Gasteiger partial charge on any atom is 0.228 e. The van der Waals surface area contributed by atoms with Gasteiger partial charge in [0, 0.05) is 12.6 Å². The van der Waals surface area contributed by atoms with Gasteiger partial charge in [0.25, 0.3) is 0 Å². The van der Waals surface area contributed by atoms with Crippen LogP contribution in [0.2, 0.25) is 0 Å². The van der Waals surface area contributed by atoms with Crippen molar-refractivity contribution in [2.45, 2.75) is 31.6 Å². The Morgan fingerprint density at radius 2 is 2.00 bits per heavy atom. The summed E-state index contributed by atoms with van der Waals surface area (Å²) in [5.74, 6) is 0. The lowest BCUT2D eigenvalue weighted by molar-refractivity contribution is 0.370. The first-order valence-electron chi connectivity index (χ1n) is 4.89. The molecule has 0 aliphatic carbocycles. The maximum absolute atomic E-state index is 11.6. The zero-order valence-electron chi connectivity index (χ0n) is 9.69. The molecule has 6 heteroatoms. The van der Waals surface area contributed by atoms with Gasteiger partial charge in [0.1, 0.15) is 0 Å². The summed E-state index contributed by atoms with van der Waals surface area (Å²) in [4.78, 5) is 1.89.